The highest BCUT2D eigenvalue weighted by atomic mass is 16.6. The molecule has 1 aliphatic rings. The molecule has 2 atom stereocenters. The van der Waals surface area contributed by atoms with Crippen molar-refractivity contribution in [2.24, 2.45) is 0 Å². The molecule has 0 bridgehead atoms. The van der Waals surface area contributed by atoms with Gasteiger partial charge in [-0.1, -0.05) is 5.57 Å². The first-order valence-corrected chi connectivity index (χ1v) is 8.87. The quantitative estimate of drug-likeness (QED) is 0.451. The number of hydrogen-bond acceptors (Lipinski definition) is 7. The van der Waals surface area contributed by atoms with Crippen LogP contribution in [0.25, 0.3) is 11.0 Å². The van der Waals surface area contributed by atoms with Crippen LogP contribution in [0, 0.1) is 0 Å². The van der Waals surface area contributed by atoms with Gasteiger partial charge < -0.3 is 18.6 Å². The number of hydrogen-bond donors (Lipinski definition) is 0. The molecule has 0 saturated heterocycles. The first kappa shape index (κ1) is 19.7. The molecule has 1 aromatic heterocycles. The largest absolute Gasteiger partial charge is 0.481 e. The van der Waals surface area contributed by atoms with Crippen LogP contribution < -0.4 is 10.4 Å². The van der Waals surface area contributed by atoms with Crippen molar-refractivity contribution in [3.63, 3.8) is 0 Å². The van der Waals surface area contributed by atoms with Crippen molar-refractivity contribution in [3.8, 4) is 5.75 Å². The van der Waals surface area contributed by atoms with E-state index in [2.05, 4.69) is 0 Å². The van der Waals surface area contributed by atoms with E-state index in [1.54, 1.807) is 45.9 Å². The van der Waals surface area contributed by atoms with Gasteiger partial charge in [0.05, 0.1) is 5.56 Å². The summed E-state index contributed by atoms with van der Waals surface area (Å²) in [6, 6.07) is 6.39. The zero-order chi connectivity index (χ0) is 20.6. The maximum absolute atomic E-state index is 12.2. The van der Waals surface area contributed by atoms with Gasteiger partial charge in [0.1, 0.15) is 16.9 Å². The molecule has 0 N–H and O–H groups in total. The van der Waals surface area contributed by atoms with Gasteiger partial charge in [-0.05, 0) is 45.9 Å². The number of rotatable bonds is 4. The maximum atomic E-state index is 12.2. The summed E-state index contributed by atoms with van der Waals surface area (Å²) < 4.78 is 22.5. The summed E-state index contributed by atoms with van der Waals surface area (Å²) in [6.45, 7) is 8.20. The number of carbonyl (C=O) groups is 2. The van der Waals surface area contributed by atoms with Gasteiger partial charge >= 0.3 is 17.6 Å². The molecule has 3 rings (SSSR count). The third-order valence-corrected chi connectivity index (χ3v) is 4.35. The summed E-state index contributed by atoms with van der Waals surface area (Å²) >= 11 is 0. The Hall–Kier alpha value is -3.09. The molecule has 0 spiro atoms. The third-order valence-electron chi connectivity index (χ3n) is 4.35. The number of carbonyl (C=O) groups excluding carboxylic acids is 2. The van der Waals surface area contributed by atoms with E-state index in [0.717, 1.165) is 5.57 Å². The van der Waals surface area contributed by atoms with Gasteiger partial charge in [0.2, 0.25) is 0 Å². The van der Waals surface area contributed by atoms with E-state index in [4.69, 9.17) is 18.6 Å². The smallest absolute Gasteiger partial charge is 0.336 e. The predicted molar refractivity (Wildman–Crippen MR) is 101 cm³/mol. The van der Waals surface area contributed by atoms with Gasteiger partial charge in [-0.25, -0.2) is 9.59 Å². The molecule has 0 fully saturated rings. The van der Waals surface area contributed by atoms with Crippen LogP contribution in [0.5, 0.6) is 5.75 Å². The molecule has 2 heterocycles. The van der Waals surface area contributed by atoms with Gasteiger partial charge in [0.25, 0.3) is 0 Å². The predicted octanol–water partition coefficient (Wildman–Crippen LogP) is 3.45. The van der Waals surface area contributed by atoms with Crippen LogP contribution in [0.1, 0.15) is 46.3 Å². The van der Waals surface area contributed by atoms with Gasteiger partial charge in [-0.15, -0.1) is 0 Å². The van der Waals surface area contributed by atoms with Crippen molar-refractivity contribution in [2.45, 2.75) is 52.4 Å². The van der Waals surface area contributed by atoms with Crippen molar-refractivity contribution in [3.05, 3.63) is 51.9 Å². The Bertz CT molecular complexity index is 1020. The molecule has 1 aromatic carbocycles. The van der Waals surface area contributed by atoms with Crippen molar-refractivity contribution in [1.29, 1.82) is 0 Å². The summed E-state index contributed by atoms with van der Waals surface area (Å²) in [5.74, 6) is -0.653. The van der Waals surface area contributed by atoms with Crippen molar-refractivity contribution < 1.29 is 28.2 Å². The first-order chi connectivity index (χ1) is 13.1. The molecule has 7 heteroatoms. The number of fused-ring (bicyclic) bond motifs is 3. The van der Waals surface area contributed by atoms with Gasteiger partial charge in [0, 0.05) is 24.5 Å². The molecule has 7 nitrogen and oxygen atoms in total. The molecule has 0 radical (unpaired) electrons. The van der Waals surface area contributed by atoms with Gasteiger partial charge in [0.15, 0.2) is 12.2 Å². The lowest BCUT2D eigenvalue weighted by molar-refractivity contribution is -0.172. The molecule has 2 aromatic rings. The minimum Gasteiger partial charge on any atom is -0.481 e. The summed E-state index contributed by atoms with van der Waals surface area (Å²) in [5, 5.41) is 0.666. The zero-order valence-corrected chi connectivity index (χ0v) is 16.4. The number of allylic oxidation sites excluding steroid dienone is 1. The van der Waals surface area contributed by atoms with E-state index >= 15 is 0 Å². The minimum absolute atomic E-state index is 0.283. The Morgan fingerprint density at radius 1 is 1.11 bits per heavy atom. The number of benzene rings is 1. The molecule has 28 heavy (non-hydrogen) atoms. The molecule has 0 amide bonds. The normalized spacial score (nSPS) is 18.2. The summed E-state index contributed by atoms with van der Waals surface area (Å²) in [4.78, 5) is 35.7. The molecule has 1 unspecified atom stereocenters. The van der Waals surface area contributed by atoms with Crippen LogP contribution in [0.4, 0.5) is 0 Å². The van der Waals surface area contributed by atoms with E-state index in [-0.39, 0.29) is 5.58 Å². The Morgan fingerprint density at radius 2 is 1.79 bits per heavy atom. The lowest BCUT2D eigenvalue weighted by Crippen LogP contribution is -2.46. The van der Waals surface area contributed by atoms with E-state index in [0.29, 0.717) is 16.7 Å². The topological polar surface area (TPSA) is 92.0 Å². The molecule has 0 aliphatic carbocycles. The maximum Gasteiger partial charge on any atom is 0.336 e. The standard InChI is InChI=1S/C21H22O7/c1-11(2)10-16(24)28-21(4,5)20-19(25-12(3)22)17-14(26-20)8-6-13-7-9-15(23)27-18(13)17/h6-10,19-20H,1-5H3/t19-,20?/m1/s1. The Balaban J connectivity index is 2.07. The molecular formula is C21H22O7. The molecular weight excluding hydrogens is 364 g/mol. The minimum atomic E-state index is -1.14. The second-order valence-corrected chi connectivity index (χ2v) is 7.46. The molecule has 0 saturated carbocycles. The Kier molecular flexibility index (Phi) is 5.02. The van der Waals surface area contributed by atoms with E-state index in [9.17, 15) is 14.4 Å². The lowest BCUT2D eigenvalue weighted by Gasteiger charge is -2.33. The Labute approximate surface area is 161 Å². The van der Waals surface area contributed by atoms with Crippen molar-refractivity contribution in [2.75, 3.05) is 0 Å². The van der Waals surface area contributed by atoms with Crippen LogP contribution in [0.15, 0.2) is 45.1 Å². The van der Waals surface area contributed by atoms with E-state index in [1.165, 1.54) is 19.1 Å². The van der Waals surface area contributed by atoms with E-state index in [1.807, 2.05) is 0 Å². The van der Waals surface area contributed by atoms with Gasteiger partial charge in [-0.2, -0.15) is 0 Å². The summed E-state index contributed by atoms with van der Waals surface area (Å²) in [5.41, 5.74) is -0.142. The summed E-state index contributed by atoms with van der Waals surface area (Å²) in [7, 11) is 0. The average molecular weight is 386 g/mol. The number of ether oxygens (including phenoxy) is 3. The fraction of sp³-hybridized carbons (Fsp3) is 0.381. The average Bonchev–Trinajstić information content (AvgIpc) is 2.92. The van der Waals surface area contributed by atoms with Gasteiger partial charge in [-0.3, -0.25) is 4.79 Å². The van der Waals surface area contributed by atoms with Crippen molar-refractivity contribution >= 4 is 22.9 Å². The SMILES string of the molecule is CC(=O)O[C@@H]1c2c(ccc3ccc(=O)oc23)OC1C(C)(C)OC(=O)C=C(C)C. The first-order valence-electron chi connectivity index (χ1n) is 8.87. The van der Waals surface area contributed by atoms with Crippen LogP contribution in [-0.2, 0) is 19.1 Å². The molecule has 1 aliphatic heterocycles. The second kappa shape index (κ2) is 7.14. The molecule has 148 valence electrons. The second-order valence-electron chi connectivity index (χ2n) is 7.46. The van der Waals surface area contributed by atoms with Crippen LogP contribution in [-0.4, -0.2) is 23.6 Å². The fourth-order valence-corrected chi connectivity index (χ4v) is 3.25. The Morgan fingerprint density at radius 3 is 2.43 bits per heavy atom. The third kappa shape index (κ3) is 3.78. The number of esters is 2. The van der Waals surface area contributed by atoms with Crippen molar-refractivity contribution in [1.82, 2.24) is 0 Å². The fourth-order valence-electron chi connectivity index (χ4n) is 3.25. The van der Waals surface area contributed by atoms with Crippen LogP contribution >= 0.6 is 0 Å². The zero-order valence-electron chi connectivity index (χ0n) is 16.4. The monoisotopic (exact) mass is 386 g/mol. The van der Waals surface area contributed by atoms with E-state index < -0.39 is 35.4 Å². The highest BCUT2D eigenvalue weighted by Crippen LogP contribution is 2.47. The van der Waals surface area contributed by atoms with Crippen LogP contribution in [0.3, 0.4) is 0 Å². The highest BCUT2D eigenvalue weighted by Gasteiger charge is 2.49. The van der Waals surface area contributed by atoms with Crippen LogP contribution in [0.2, 0.25) is 0 Å². The highest BCUT2D eigenvalue weighted by molar-refractivity contribution is 5.84. The summed E-state index contributed by atoms with van der Waals surface area (Å²) in [6.07, 6.45) is -0.354. The lowest BCUT2D eigenvalue weighted by atomic mass is 9.93.